The summed E-state index contributed by atoms with van der Waals surface area (Å²) in [6.45, 7) is 1.08. The van der Waals surface area contributed by atoms with Crippen molar-refractivity contribution in [3.8, 4) is 5.75 Å². The Morgan fingerprint density at radius 2 is 1.74 bits per heavy atom. The van der Waals surface area contributed by atoms with E-state index in [1.807, 2.05) is 0 Å². The molecule has 2 aromatic carbocycles. The molecule has 2 heterocycles. The molecule has 1 aromatic heterocycles. The van der Waals surface area contributed by atoms with E-state index in [0.29, 0.717) is 27.5 Å². The second kappa shape index (κ2) is 10.9. The normalized spacial score (nSPS) is 17.5. The van der Waals surface area contributed by atoms with E-state index >= 15 is 0 Å². The predicted molar refractivity (Wildman–Crippen MR) is 137 cm³/mol. The van der Waals surface area contributed by atoms with Gasteiger partial charge in [0.15, 0.2) is 0 Å². The molecule has 1 fully saturated rings. The Morgan fingerprint density at radius 1 is 1.08 bits per heavy atom. The molecule has 0 spiro atoms. The summed E-state index contributed by atoms with van der Waals surface area (Å²) >= 11 is 5.92. The first-order valence-electron chi connectivity index (χ1n) is 11.8. The number of aromatic nitrogens is 1. The van der Waals surface area contributed by atoms with Gasteiger partial charge in [-0.3, -0.25) is 14.4 Å². The van der Waals surface area contributed by atoms with Crippen molar-refractivity contribution in [1.29, 1.82) is 0 Å². The number of amides is 2. The second-order valence-electron chi connectivity index (χ2n) is 9.00. The fraction of sp³-hybridized carbons (Fsp3) is 0.296. The summed E-state index contributed by atoms with van der Waals surface area (Å²) in [5.74, 6) is -0.995. The number of hydrogen-bond donors (Lipinski definition) is 1. The van der Waals surface area contributed by atoms with Gasteiger partial charge < -0.3 is 19.5 Å². The van der Waals surface area contributed by atoms with Crippen molar-refractivity contribution in [2.24, 2.45) is 0 Å². The standard InChI is InChI=1S/C27H25ClF3N3O4/c1-16-11-13-33(14-12-27(29,30)31)26(37)23(16)34-15-21(17-5-9-20(38-2)10-6-17)22(25(34)36)32-24(35)18-3-7-19(28)8-4-18/h3-11,13,21-22H,12,14-15H2,1-2H3,(H,32,35)/t21-,22-/m0/s1. The van der Waals surface area contributed by atoms with Crippen LogP contribution in [0.5, 0.6) is 5.75 Å². The monoisotopic (exact) mass is 547 g/mol. The third kappa shape index (κ3) is 5.85. The number of halogens is 4. The number of nitrogens with zero attached hydrogens (tertiary/aromatic N) is 2. The lowest BCUT2D eigenvalue weighted by atomic mass is 9.93. The summed E-state index contributed by atoms with van der Waals surface area (Å²) in [5.41, 5.74) is 0.723. The molecule has 7 nitrogen and oxygen atoms in total. The van der Waals surface area contributed by atoms with Gasteiger partial charge in [-0.1, -0.05) is 23.7 Å². The van der Waals surface area contributed by atoms with Crippen LogP contribution in [0, 0.1) is 6.92 Å². The highest BCUT2D eigenvalue weighted by atomic mass is 35.5. The van der Waals surface area contributed by atoms with Crippen LogP contribution < -0.4 is 20.5 Å². The van der Waals surface area contributed by atoms with E-state index in [4.69, 9.17) is 16.3 Å². The summed E-state index contributed by atoms with van der Waals surface area (Å²) in [7, 11) is 1.52. The van der Waals surface area contributed by atoms with Crippen LogP contribution in [0.4, 0.5) is 18.9 Å². The van der Waals surface area contributed by atoms with Crippen molar-refractivity contribution < 1.29 is 27.5 Å². The topological polar surface area (TPSA) is 80.6 Å². The van der Waals surface area contributed by atoms with Crippen LogP contribution in [0.15, 0.2) is 65.6 Å². The van der Waals surface area contributed by atoms with Gasteiger partial charge in [0.05, 0.1) is 13.5 Å². The summed E-state index contributed by atoms with van der Waals surface area (Å²) in [6, 6.07) is 13.6. The number of ether oxygens (including phenoxy) is 1. The van der Waals surface area contributed by atoms with Crippen molar-refractivity contribution in [1.82, 2.24) is 9.88 Å². The third-order valence-electron chi connectivity index (χ3n) is 6.50. The predicted octanol–water partition coefficient (Wildman–Crippen LogP) is 4.70. The van der Waals surface area contributed by atoms with Gasteiger partial charge in [0, 0.05) is 35.8 Å². The Balaban J connectivity index is 1.71. The van der Waals surface area contributed by atoms with E-state index in [-0.39, 0.29) is 12.2 Å². The highest BCUT2D eigenvalue weighted by Gasteiger charge is 2.44. The molecule has 0 unspecified atom stereocenters. The van der Waals surface area contributed by atoms with Gasteiger partial charge in [0.2, 0.25) is 5.91 Å². The van der Waals surface area contributed by atoms with Crippen LogP contribution >= 0.6 is 11.6 Å². The molecule has 11 heteroatoms. The molecule has 38 heavy (non-hydrogen) atoms. The zero-order valence-electron chi connectivity index (χ0n) is 20.6. The number of pyridine rings is 1. The van der Waals surface area contributed by atoms with Crippen LogP contribution in [-0.4, -0.2) is 42.3 Å². The summed E-state index contributed by atoms with van der Waals surface area (Å²) in [6.07, 6.45) is -4.34. The van der Waals surface area contributed by atoms with E-state index in [1.54, 1.807) is 43.3 Å². The highest BCUT2D eigenvalue weighted by Crippen LogP contribution is 2.33. The van der Waals surface area contributed by atoms with Crippen LogP contribution in [0.2, 0.25) is 5.02 Å². The Morgan fingerprint density at radius 3 is 2.34 bits per heavy atom. The number of rotatable bonds is 7. The smallest absolute Gasteiger partial charge is 0.390 e. The number of alkyl halides is 3. The molecular formula is C27H25ClF3N3O4. The van der Waals surface area contributed by atoms with Crippen molar-refractivity contribution in [3.63, 3.8) is 0 Å². The molecule has 0 saturated carbocycles. The second-order valence-corrected chi connectivity index (χ2v) is 9.43. The maximum Gasteiger partial charge on any atom is 0.390 e. The molecule has 3 aromatic rings. The van der Waals surface area contributed by atoms with Crippen molar-refractivity contribution >= 4 is 29.1 Å². The minimum atomic E-state index is -4.44. The number of benzene rings is 2. The van der Waals surface area contributed by atoms with Crippen LogP contribution in [0.1, 0.15) is 33.8 Å². The summed E-state index contributed by atoms with van der Waals surface area (Å²) in [4.78, 5) is 41.2. The van der Waals surface area contributed by atoms with Crippen molar-refractivity contribution in [2.75, 3.05) is 18.6 Å². The maximum atomic E-state index is 13.7. The van der Waals surface area contributed by atoms with Crippen LogP contribution in [-0.2, 0) is 11.3 Å². The van der Waals surface area contributed by atoms with Gasteiger partial charge in [0.25, 0.3) is 11.5 Å². The van der Waals surface area contributed by atoms with Crippen LogP contribution in [0.3, 0.4) is 0 Å². The zero-order valence-corrected chi connectivity index (χ0v) is 21.3. The number of anilines is 1. The van der Waals surface area contributed by atoms with E-state index in [0.717, 1.165) is 4.57 Å². The average Bonchev–Trinajstić information content (AvgIpc) is 3.19. The largest absolute Gasteiger partial charge is 0.497 e. The number of nitrogens with one attached hydrogen (secondary N) is 1. The Kier molecular flexibility index (Phi) is 7.82. The zero-order chi connectivity index (χ0) is 27.6. The van der Waals surface area contributed by atoms with E-state index in [2.05, 4.69) is 5.32 Å². The Hall–Kier alpha value is -3.79. The molecule has 0 aliphatic carbocycles. The van der Waals surface area contributed by atoms with Gasteiger partial charge in [-0.05, 0) is 60.5 Å². The molecule has 4 rings (SSSR count). The van der Waals surface area contributed by atoms with Gasteiger partial charge in [-0.2, -0.15) is 13.2 Å². The molecule has 1 aliphatic heterocycles. The Bertz CT molecular complexity index is 1390. The SMILES string of the molecule is COc1ccc([C@@H]2CN(c3c(C)ccn(CCC(F)(F)F)c3=O)C(=O)[C@H]2NC(=O)c2ccc(Cl)cc2)cc1. The Labute approximate surface area is 221 Å². The van der Waals surface area contributed by atoms with E-state index in [9.17, 15) is 27.6 Å². The number of carbonyl (C=O) groups is 2. The minimum absolute atomic E-state index is 0.0126. The first-order valence-corrected chi connectivity index (χ1v) is 12.1. The van der Waals surface area contributed by atoms with Gasteiger partial charge in [-0.25, -0.2) is 0 Å². The first-order chi connectivity index (χ1) is 18.0. The molecule has 1 N–H and O–H groups in total. The van der Waals surface area contributed by atoms with E-state index < -0.39 is 48.5 Å². The van der Waals surface area contributed by atoms with Gasteiger partial charge >= 0.3 is 6.18 Å². The highest BCUT2D eigenvalue weighted by molar-refractivity contribution is 6.30. The van der Waals surface area contributed by atoms with Crippen molar-refractivity contribution in [2.45, 2.75) is 38.0 Å². The van der Waals surface area contributed by atoms with Gasteiger partial charge in [0.1, 0.15) is 17.5 Å². The number of hydrogen-bond acceptors (Lipinski definition) is 4. The molecular weight excluding hydrogens is 523 g/mol. The number of carbonyl (C=O) groups excluding carboxylic acids is 2. The van der Waals surface area contributed by atoms with Gasteiger partial charge in [-0.15, -0.1) is 0 Å². The molecule has 0 radical (unpaired) electrons. The summed E-state index contributed by atoms with van der Waals surface area (Å²) < 4.78 is 44.6. The number of aryl methyl sites for hydroxylation is 2. The fourth-order valence-corrected chi connectivity index (χ4v) is 4.60. The molecule has 0 bridgehead atoms. The van der Waals surface area contributed by atoms with Crippen LogP contribution in [0.25, 0.3) is 0 Å². The minimum Gasteiger partial charge on any atom is -0.497 e. The molecule has 200 valence electrons. The molecule has 1 aliphatic rings. The number of methoxy groups -OCH3 is 1. The maximum absolute atomic E-state index is 13.7. The fourth-order valence-electron chi connectivity index (χ4n) is 4.48. The quantitative estimate of drug-likeness (QED) is 0.465. The lowest BCUT2D eigenvalue weighted by Gasteiger charge is -2.20. The molecule has 2 amide bonds. The lowest BCUT2D eigenvalue weighted by Crippen LogP contribution is -2.44. The lowest BCUT2D eigenvalue weighted by molar-refractivity contribution is -0.136. The molecule has 1 saturated heterocycles. The molecule has 2 atom stereocenters. The third-order valence-corrected chi connectivity index (χ3v) is 6.75. The summed E-state index contributed by atoms with van der Waals surface area (Å²) in [5, 5.41) is 3.22. The van der Waals surface area contributed by atoms with E-state index in [1.165, 1.54) is 36.4 Å². The average molecular weight is 548 g/mol. The van der Waals surface area contributed by atoms with Crippen molar-refractivity contribution in [3.05, 3.63) is 92.9 Å². The first kappa shape index (κ1) is 27.3.